The van der Waals surface area contributed by atoms with E-state index < -0.39 is 6.86 Å². The molecule has 1 aromatic carbocycles. The van der Waals surface area contributed by atoms with Gasteiger partial charge in [-0.05, 0) is 45.2 Å². The van der Waals surface area contributed by atoms with E-state index in [4.69, 9.17) is 4.74 Å². The van der Waals surface area contributed by atoms with Crippen molar-refractivity contribution in [2.75, 3.05) is 6.86 Å². The molecule has 0 amide bonds. The van der Waals surface area contributed by atoms with Crippen LogP contribution in [0.15, 0.2) is 23.0 Å². The van der Waals surface area contributed by atoms with Gasteiger partial charge in [0.1, 0.15) is 5.75 Å². The van der Waals surface area contributed by atoms with Gasteiger partial charge in [-0.1, -0.05) is 6.07 Å². The first kappa shape index (κ1) is 12.0. The maximum absolute atomic E-state index is 12.2. The molecule has 0 aliphatic carbocycles. The molecule has 0 N–H and O–H groups in total. The Morgan fingerprint density at radius 1 is 1.47 bits per heavy atom. The van der Waals surface area contributed by atoms with Crippen LogP contribution in [0, 0.1) is 3.57 Å². The van der Waals surface area contributed by atoms with Crippen LogP contribution >= 0.6 is 22.6 Å². The van der Waals surface area contributed by atoms with Gasteiger partial charge in [-0.3, -0.25) is 0 Å². The summed E-state index contributed by atoms with van der Waals surface area (Å²) in [4.78, 5) is 11.7. The van der Waals surface area contributed by atoms with E-state index in [9.17, 15) is 9.18 Å². The minimum absolute atomic E-state index is 0.364. The van der Waals surface area contributed by atoms with Gasteiger partial charge in [-0.2, -0.15) is 9.36 Å². The fourth-order valence-electron chi connectivity index (χ4n) is 1.30. The first-order valence-electron chi connectivity index (χ1n) is 4.62. The zero-order valence-electron chi connectivity index (χ0n) is 8.80. The molecule has 2 rings (SSSR count). The van der Waals surface area contributed by atoms with Gasteiger partial charge in [0.25, 0.3) is 0 Å². The second kappa shape index (κ2) is 4.82. The van der Waals surface area contributed by atoms with E-state index in [0.29, 0.717) is 15.0 Å². The van der Waals surface area contributed by atoms with Crippen molar-refractivity contribution in [2.45, 2.75) is 0 Å². The van der Waals surface area contributed by atoms with Gasteiger partial charge in [-0.25, -0.2) is 9.18 Å². The van der Waals surface area contributed by atoms with Crippen molar-refractivity contribution in [3.8, 4) is 11.4 Å². The third kappa shape index (κ3) is 2.16. The van der Waals surface area contributed by atoms with Crippen LogP contribution in [0.4, 0.5) is 4.39 Å². The van der Waals surface area contributed by atoms with Crippen LogP contribution in [0.5, 0.6) is 5.75 Å². The number of alkyl halides is 1. The molecule has 0 unspecified atom stereocenters. The van der Waals surface area contributed by atoms with Gasteiger partial charge in [0.2, 0.25) is 6.86 Å². The van der Waals surface area contributed by atoms with E-state index in [1.54, 1.807) is 18.2 Å². The van der Waals surface area contributed by atoms with Crippen LogP contribution in [0.3, 0.4) is 0 Å². The smallest absolute Gasteiger partial charge is 0.368 e. The van der Waals surface area contributed by atoms with E-state index in [1.165, 1.54) is 7.05 Å². The Morgan fingerprint density at radius 3 is 2.82 bits per heavy atom. The predicted octanol–water partition coefficient (Wildman–Crippen LogP) is 0.876. The maximum Gasteiger partial charge on any atom is 0.368 e. The number of tetrazole rings is 1. The summed E-state index contributed by atoms with van der Waals surface area (Å²) in [6.45, 7) is -0.922. The second-order valence-corrected chi connectivity index (χ2v) is 4.22. The third-order valence-corrected chi connectivity index (χ3v) is 3.19. The summed E-state index contributed by atoms with van der Waals surface area (Å²) < 4.78 is 19.8. The number of hydrogen-bond acceptors (Lipinski definition) is 4. The normalized spacial score (nSPS) is 10.5. The molecule has 1 heterocycles. The summed E-state index contributed by atoms with van der Waals surface area (Å²) >= 11 is 1.97. The number of rotatable bonds is 3. The summed E-state index contributed by atoms with van der Waals surface area (Å²) in [6, 6.07) is 4.96. The van der Waals surface area contributed by atoms with E-state index in [-0.39, 0.29) is 5.69 Å². The summed E-state index contributed by atoms with van der Waals surface area (Å²) in [7, 11) is 1.50. The molecule has 0 atom stereocenters. The van der Waals surface area contributed by atoms with Crippen LogP contribution in [0.1, 0.15) is 0 Å². The Hall–Kier alpha value is -1.45. The highest BCUT2D eigenvalue weighted by Gasteiger charge is 2.12. The van der Waals surface area contributed by atoms with Crippen LogP contribution in [0.2, 0.25) is 0 Å². The Labute approximate surface area is 109 Å². The molecule has 8 heteroatoms. The van der Waals surface area contributed by atoms with Crippen molar-refractivity contribution in [2.24, 2.45) is 7.05 Å². The lowest BCUT2D eigenvalue weighted by Gasteiger charge is -2.07. The summed E-state index contributed by atoms with van der Waals surface area (Å²) in [5.74, 6) is 0.364. The van der Waals surface area contributed by atoms with Crippen molar-refractivity contribution in [1.82, 2.24) is 19.8 Å². The van der Waals surface area contributed by atoms with E-state index in [2.05, 4.69) is 10.4 Å². The number of hydrogen-bond donors (Lipinski definition) is 0. The molecule has 0 radical (unpaired) electrons. The monoisotopic (exact) mass is 350 g/mol. The number of halogens is 2. The summed E-state index contributed by atoms with van der Waals surface area (Å²) in [5, 5.41) is 7.32. The van der Waals surface area contributed by atoms with Crippen molar-refractivity contribution < 1.29 is 9.13 Å². The van der Waals surface area contributed by atoms with Crippen molar-refractivity contribution in [3.63, 3.8) is 0 Å². The van der Waals surface area contributed by atoms with Crippen molar-refractivity contribution in [1.29, 1.82) is 0 Å². The highest BCUT2D eigenvalue weighted by Crippen LogP contribution is 2.25. The number of benzene rings is 1. The molecule has 1 aromatic heterocycles. The standard InChI is InChI=1S/C9H8FIN4O2/c1-14-9(16)15(13-12-14)6-3-2-4-7(8(6)11)17-5-10/h2-4H,5H2,1H3. The molecular weight excluding hydrogens is 342 g/mol. The molecule has 0 saturated carbocycles. The number of aromatic nitrogens is 4. The minimum atomic E-state index is -0.922. The van der Waals surface area contributed by atoms with Gasteiger partial charge in [0, 0.05) is 7.05 Å². The third-order valence-electron chi connectivity index (χ3n) is 2.10. The highest BCUT2D eigenvalue weighted by molar-refractivity contribution is 14.1. The Balaban J connectivity index is 2.56. The molecule has 17 heavy (non-hydrogen) atoms. The lowest BCUT2D eigenvalue weighted by Crippen LogP contribution is -2.22. The molecule has 6 nitrogen and oxygen atoms in total. The fourth-order valence-corrected chi connectivity index (χ4v) is 2.04. The van der Waals surface area contributed by atoms with Gasteiger partial charge in [-0.15, -0.1) is 0 Å². The van der Waals surface area contributed by atoms with Crippen LogP contribution < -0.4 is 10.4 Å². The zero-order valence-corrected chi connectivity index (χ0v) is 11.0. The molecule has 90 valence electrons. The molecule has 0 fully saturated rings. The Kier molecular flexibility index (Phi) is 3.41. The van der Waals surface area contributed by atoms with Crippen LogP contribution in [-0.4, -0.2) is 26.7 Å². The topological polar surface area (TPSA) is 61.9 Å². The van der Waals surface area contributed by atoms with Crippen LogP contribution in [0.25, 0.3) is 5.69 Å². The van der Waals surface area contributed by atoms with Gasteiger partial charge in [0.05, 0.1) is 9.26 Å². The molecule has 0 aliphatic rings. The largest absolute Gasteiger partial charge is 0.462 e. The molecule has 0 saturated heterocycles. The maximum atomic E-state index is 12.2. The quantitative estimate of drug-likeness (QED) is 0.771. The van der Waals surface area contributed by atoms with Crippen LogP contribution in [-0.2, 0) is 7.05 Å². The molecule has 0 bridgehead atoms. The molecule has 0 spiro atoms. The average Bonchev–Trinajstić information content (AvgIpc) is 2.64. The van der Waals surface area contributed by atoms with Gasteiger partial charge in [0.15, 0.2) is 0 Å². The molecule has 2 aromatic rings. The van der Waals surface area contributed by atoms with E-state index >= 15 is 0 Å². The average molecular weight is 350 g/mol. The SMILES string of the molecule is Cn1nnn(-c2cccc(OCF)c2I)c1=O. The lowest BCUT2D eigenvalue weighted by atomic mass is 10.3. The van der Waals surface area contributed by atoms with E-state index in [0.717, 1.165) is 9.36 Å². The molecular formula is C9H8FIN4O2. The molecule has 0 aliphatic heterocycles. The Bertz CT molecular complexity index is 595. The summed E-state index contributed by atoms with van der Waals surface area (Å²) in [6.07, 6.45) is 0. The second-order valence-electron chi connectivity index (χ2n) is 3.14. The summed E-state index contributed by atoms with van der Waals surface area (Å²) in [5.41, 5.74) is 0.134. The van der Waals surface area contributed by atoms with Crippen molar-refractivity contribution >= 4 is 22.6 Å². The fraction of sp³-hybridized carbons (Fsp3) is 0.222. The number of aryl methyl sites for hydroxylation is 1. The first-order valence-corrected chi connectivity index (χ1v) is 5.69. The number of ether oxygens (including phenoxy) is 1. The van der Waals surface area contributed by atoms with Crippen molar-refractivity contribution in [3.05, 3.63) is 32.3 Å². The van der Waals surface area contributed by atoms with Gasteiger partial charge >= 0.3 is 5.69 Å². The lowest BCUT2D eigenvalue weighted by molar-refractivity contribution is 0.190. The number of nitrogens with zero attached hydrogens (tertiary/aromatic N) is 4. The zero-order chi connectivity index (χ0) is 12.4. The first-order chi connectivity index (χ1) is 8.15. The van der Waals surface area contributed by atoms with E-state index in [1.807, 2.05) is 22.6 Å². The van der Waals surface area contributed by atoms with Gasteiger partial charge < -0.3 is 4.74 Å². The minimum Gasteiger partial charge on any atom is -0.462 e. The highest BCUT2D eigenvalue weighted by atomic mass is 127. The Morgan fingerprint density at radius 2 is 2.24 bits per heavy atom. The predicted molar refractivity (Wildman–Crippen MR) is 65.9 cm³/mol.